The summed E-state index contributed by atoms with van der Waals surface area (Å²) in [5.41, 5.74) is 0.632. The van der Waals surface area contributed by atoms with Crippen molar-refractivity contribution in [3.8, 4) is 6.07 Å². The van der Waals surface area contributed by atoms with Gasteiger partial charge in [-0.2, -0.15) is 10.4 Å². The summed E-state index contributed by atoms with van der Waals surface area (Å²) in [4.78, 5) is 10.5. The summed E-state index contributed by atoms with van der Waals surface area (Å²) in [5, 5.41) is 13.3. The summed E-state index contributed by atoms with van der Waals surface area (Å²) < 4.78 is 1.83. The van der Waals surface area contributed by atoms with Gasteiger partial charge in [0.05, 0.1) is 18.2 Å². The van der Waals surface area contributed by atoms with Crippen LogP contribution < -0.4 is 4.90 Å². The first-order valence-electron chi connectivity index (χ1n) is 6.32. The lowest BCUT2D eigenvalue weighted by Gasteiger charge is -2.26. The van der Waals surface area contributed by atoms with Gasteiger partial charge in [-0.05, 0) is 25.0 Å². The molecule has 2 aromatic heterocycles. The summed E-state index contributed by atoms with van der Waals surface area (Å²) in [6, 6.07) is 6.14. The van der Waals surface area contributed by atoms with E-state index in [1.165, 1.54) is 0 Å². The molecule has 0 radical (unpaired) electrons. The number of hydrogen-bond donors (Lipinski definition) is 0. The van der Waals surface area contributed by atoms with Gasteiger partial charge in [0, 0.05) is 12.7 Å². The number of rotatable bonds is 3. The molecule has 3 rings (SSSR count). The highest BCUT2D eigenvalue weighted by molar-refractivity contribution is 5.54. The minimum Gasteiger partial charge on any atom is -0.351 e. The van der Waals surface area contributed by atoms with Crippen molar-refractivity contribution in [1.29, 1.82) is 5.26 Å². The highest BCUT2D eigenvalue weighted by atomic mass is 15.3. The van der Waals surface area contributed by atoms with Crippen LogP contribution in [0.3, 0.4) is 0 Å². The molecule has 96 valence electrons. The van der Waals surface area contributed by atoms with E-state index in [4.69, 9.17) is 0 Å². The molecular weight excluding hydrogens is 240 g/mol. The van der Waals surface area contributed by atoms with E-state index < -0.39 is 0 Å². The van der Waals surface area contributed by atoms with E-state index in [1.54, 1.807) is 24.9 Å². The molecule has 6 heteroatoms. The van der Waals surface area contributed by atoms with Crippen molar-refractivity contribution in [2.45, 2.75) is 25.4 Å². The quantitative estimate of drug-likeness (QED) is 0.823. The van der Waals surface area contributed by atoms with Crippen molar-refractivity contribution in [3.05, 3.63) is 36.5 Å². The Hall–Kier alpha value is -2.42. The molecule has 1 unspecified atom stereocenters. The van der Waals surface area contributed by atoms with Crippen molar-refractivity contribution in [2.24, 2.45) is 0 Å². The zero-order valence-electron chi connectivity index (χ0n) is 10.5. The average molecular weight is 254 g/mol. The standard InChI is InChI=1S/C13H14N6/c14-7-11-3-1-5-16-13(11)19-6-2-4-12(19)8-18-10-15-9-17-18/h1,3,5,9-10,12H,2,4,6,8H2. The molecule has 1 fully saturated rings. The molecule has 1 saturated heterocycles. The van der Waals surface area contributed by atoms with Crippen molar-refractivity contribution in [3.63, 3.8) is 0 Å². The maximum atomic E-state index is 9.18. The molecule has 2 aromatic rings. The van der Waals surface area contributed by atoms with Gasteiger partial charge < -0.3 is 4.90 Å². The van der Waals surface area contributed by atoms with Gasteiger partial charge in [-0.3, -0.25) is 4.68 Å². The summed E-state index contributed by atoms with van der Waals surface area (Å²) >= 11 is 0. The monoisotopic (exact) mass is 254 g/mol. The van der Waals surface area contributed by atoms with Crippen molar-refractivity contribution in [2.75, 3.05) is 11.4 Å². The highest BCUT2D eigenvalue weighted by Crippen LogP contribution is 2.26. The molecule has 0 N–H and O–H groups in total. The first-order valence-corrected chi connectivity index (χ1v) is 6.32. The predicted octanol–water partition coefficient (Wildman–Crippen LogP) is 1.21. The zero-order valence-corrected chi connectivity index (χ0v) is 10.5. The maximum absolute atomic E-state index is 9.18. The summed E-state index contributed by atoms with van der Waals surface area (Å²) in [7, 11) is 0. The van der Waals surface area contributed by atoms with E-state index in [0.717, 1.165) is 31.7 Å². The smallest absolute Gasteiger partial charge is 0.146 e. The molecule has 3 heterocycles. The molecule has 0 spiro atoms. The van der Waals surface area contributed by atoms with E-state index in [2.05, 4.69) is 26.0 Å². The van der Waals surface area contributed by atoms with Crippen molar-refractivity contribution in [1.82, 2.24) is 19.7 Å². The molecule has 19 heavy (non-hydrogen) atoms. The Balaban J connectivity index is 1.85. The fraction of sp³-hybridized carbons (Fsp3) is 0.385. The Bertz CT molecular complexity index is 585. The number of nitriles is 1. The molecule has 6 nitrogen and oxygen atoms in total. The van der Waals surface area contributed by atoms with Gasteiger partial charge in [-0.15, -0.1) is 0 Å². The topological polar surface area (TPSA) is 70.6 Å². The number of nitrogens with zero attached hydrogens (tertiary/aromatic N) is 6. The largest absolute Gasteiger partial charge is 0.351 e. The second-order valence-corrected chi connectivity index (χ2v) is 4.59. The minimum atomic E-state index is 0.323. The molecule has 0 saturated carbocycles. The van der Waals surface area contributed by atoms with E-state index in [0.29, 0.717) is 11.6 Å². The Morgan fingerprint density at radius 1 is 1.47 bits per heavy atom. The van der Waals surface area contributed by atoms with Crippen LogP contribution in [0, 0.1) is 11.3 Å². The highest BCUT2D eigenvalue weighted by Gasteiger charge is 2.27. The van der Waals surface area contributed by atoms with Gasteiger partial charge in [0.15, 0.2) is 0 Å². The van der Waals surface area contributed by atoms with Gasteiger partial charge in [0.1, 0.15) is 24.5 Å². The van der Waals surface area contributed by atoms with Crippen molar-refractivity contribution < 1.29 is 0 Å². The first kappa shape index (κ1) is 11.7. The SMILES string of the molecule is N#Cc1cccnc1N1CCCC1Cn1cncn1. The Labute approximate surface area is 111 Å². The van der Waals surface area contributed by atoms with Crippen molar-refractivity contribution >= 4 is 5.82 Å². The molecule has 0 aliphatic carbocycles. The van der Waals surface area contributed by atoms with Gasteiger partial charge in [-0.25, -0.2) is 9.97 Å². The van der Waals surface area contributed by atoms with Gasteiger partial charge in [-0.1, -0.05) is 0 Å². The van der Waals surface area contributed by atoms with Gasteiger partial charge in [0.2, 0.25) is 0 Å². The van der Waals surface area contributed by atoms with Crippen LogP contribution in [0.2, 0.25) is 0 Å². The lowest BCUT2D eigenvalue weighted by Crippen LogP contribution is -2.34. The third kappa shape index (κ3) is 2.27. The second kappa shape index (κ2) is 5.06. The lowest BCUT2D eigenvalue weighted by molar-refractivity contribution is 0.506. The van der Waals surface area contributed by atoms with Crippen LogP contribution in [0.1, 0.15) is 18.4 Å². The molecule has 1 atom stereocenters. The summed E-state index contributed by atoms with van der Waals surface area (Å²) in [6.07, 6.45) is 7.20. The van der Waals surface area contributed by atoms with Crippen LogP contribution in [0.25, 0.3) is 0 Å². The third-order valence-corrected chi connectivity index (χ3v) is 3.42. The van der Waals surface area contributed by atoms with Crippen LogP contribution in [0.15, 0.2) is 31.0 Å². The predicted molar refractivity (Wildman–Crippen MR) is 69.3 cm³/mol. The van der Waals surface area contributed by atoms with E-state index in [1.807, 2.05) is 10.7 Å². The number of hydrogen-bond acceptors (Lipinski definition) is 5. The molecule has 0 aromatic carbocycles. The van der Waals surface area contributed by atoms with Gasteiger partial charge in [0.25, 0.3) is 0 Å². The first-order chi connectivity index (χ1) is 9.38. The Kier molecular flexibility index (Phi) is 3.11. The molecule has 0 bridgehead atoms. The Morgan fingerprint density at radius 2 is 2.42 bits per heavy atom. The number of pyridine rings is 1. The molecular formula is C13H14N6. The number of anilines is 1. The molecule has 1 aliphatic rings. The maximum Gasteiger partial charge on any atom is 0.146 e. The van der Waals surface area contributed by atoms with Crippen LogP contribution >= 0.6 is 0 Å². The second-order valence-electron chi connectivity index (χ2n) is 4.59. The van der Waals surface area contributed by atoms with E-state index >= 15 is 0 Å². The van der Waals surface area contributed by atoms with E-state index in [-0.39, 0.29) is 0 Å². The van der Waals surface area contributed by atoms with Crippen LogP contribution in [0.4, 0.5) is 5.82 Å². The third-order valence-electron chi connectivity index (χ3n) is 3.42. The fourth-order valence-corrected chi connectivity index (χ4v) is 2.56. The van der Waals surface area contributed by atoms with Crippen LogP contribution in [0.5, 0.6) is 0 Å². The Morgan fingerprint density at radius 3 is 3.21 bits per heavy atom. The van der Waals surface area contributed by atoms with Crippen LogP contribution in [-0.4, -0.2) is 32.3 Å². The minimum absolute atomic E-state index is 0.323. The molecule has 1 aliphatic heterocycles. The lowest BCUT2D eigenvalue weighted by atomic mass is 10.2. The zero-order chi connectivity index (χ0) is 13.1. The summed E-state index contributed by atoms with van der Waals surface area (Å²) in [5.74, 6) is 0.785. The summed E-state index contributed by atoms with van der Waals surface area (Å²) in [6.45, 7) is 1.71. The van der Waals surface area contributed by atoms with Crippen LogP contribution in [-0.2, 0) is 6.54 Å². The number of aromatic nitrogens is 4. The van der Waals surface area contributed by atoms with Gasteiger partial charge >= 0.3 is 0 Å². The van der Waals surface area contributed by atoms with E-state index in [9.17, 15) is 5.26 Å². The average Bonchev–Trinajstić information content (AvgIpc) is 3.11. The molecule has 0 amide bonds. The fourth-order valence-electron chi connectivity index (χ4n) is 2.56. The normalized spacial score (nSPS) is 18.5.